The predicted molar refractivity (Wildman–Crippen MR) is 88.6 cm³/mol. The van der Waals surface area contributed by atoms with Crippen molar-refractivity contribution in [1.29, 1.82) is 0 Å². The predicted octanol–water partition coefficient (Wildman–Crippen LogP) is 3.06. The molecule has 1 amide bonds. The van der Waals surface area contributed by atoms with Crippen molar-refractivity contribution in [3.63, 3.8) is 0 Å². The summed E-state index contributed by atoms with van der Waals surface area (Å²) < 4.78 is 0. The van der Waals surface area contributed by atoms with Crippen LogP contribution in [0.25, 0.3) is 0 Å². The van der Waals surface area contributed by atoms with Gasteiger partial charge in [-0.1, -0.05) is 13.3 Å². The number of likely N-dealkylation sites (tertiary alicyclic amines) is 1. The number of carboxylic acid groups (broad SMARTS) is 1. The summed E-state index contributed by atoms with van der Waals surface area (Å²) in [6.07, 6.45) is 6.50. The molecule has 1 aliphatic heterocycles. The lowest BCUT2D eigenvalue weighted by atomic mass is 9.76. The van der Waals surface area contributed by atoms with E-state index < -0.39 is 5.97 Å². The molecular weight excluding hydrogens is 312 g/mol. The SMILES string of the molecule is CC(C(=O)N1CCC(Cc2nc(C(=O)O)cs2)CC1)C1CCC1. The van der Waals surface area contributed by atoms with Crippen molar-refractivity contribution in [3.05, 3.63) is 16.1 Å². The van der Waals surface area contributed by atoms with E-state index in [2.05, 4.69) is 11.9 Å². The number of carbonyl (C=O) groups excluding carboxylic acids is 1. The Morgan fingerprint density at radius 1 is 1.35 bits per heavy atom. The maximum Gasteiger partial charge on any atom is 0.355 e. The molecule has 6 heteroatoms. The van der Waals surface area contributed by atoms with Crippen LogP contribution >= 0.6 is 11.3 Å². The second-order valence-corrected chi connectivity index (χ2v) is 7.83. The van der Waals surface area contributed by atoms with Gasteiger partial charge < -0.3 is 10.0 Å². The van der Waals surface area contributed by atoms with E-state index in [4.69, 9.17) is 5.11 Å². The van der Waals surface area contributed by atoms with Gasteiger partial charge in [0.15, 0.2) is 5.69 Å². The number of piperidine rings is 1. The largest absolute Gasteiger partial charge is 0.476 e. The van der Waals surface area contributed by atoms with Crippen LogP contribution in [0.3, 0.4) is 0 Å². The Bertz CT molecular complexity index is 574. The van der Waals surface area contributed by atoms with E-state index in [-0.39, 0.29) is 11.6 Å². The highest BCUT2D eigenvalue weighted by atomic mass is 32.1. The van der Waals surface area contributed by atoms with E-state index >= 15 is 0 Å². The summed E-state index contributed by atoms with van der Waals surface area (Å²) in [4.78, 5) is 29.6. The Labute approximate surface area is 140 Å². The molecule has 2 fully saturated rings. The fourth-order valence-electron chi connectivity index (χ4n) is 3.54. The summed E-state index contributed by atoms with van der Waals surface area (Å²) in [5, 5.41) is 11.4. The Balaban J connectivity index is 1.47. The first-order valence-electron chi connectivity index (χ1n) is 8.51. The molecule has 1 aromatic rings. The van der Waals surface area contributed by atoms with E-state index in [0.29, 0.717) is 17.7 Å². The highest BCUT2D eigenvalue weighted by Crippen LogP contribution is 2.35. The summed E-state index contributed by atoms with van der Waals surface area (Å²) in [7, 11) is 0. The van der Waals surface area contributed by atoms with E-state index in [9.17, 15) is 9.59 Å². The normalized spacial score (nSPS) is 21.0. The average molecular weight is 336 g/mol. The zero-order valence-electron chi connectivity index (χ0n) is 13.5. The molecule has 1 saturated carbocycles. The third-order valence-electron chi connectivity index (χ3n) is 5.41. The highest BCUT2D eigenvalue weighted by molar-refractivity contribution is 7.09. The van der Waals surface area contributed by atoms with Gasteiger partial charge in [-0.25, -0.2) is 9.78 Å². The van der Waals surface area contributed by atoms with E-state index in [0.717, 1.165) is 37.4 Å². The van der Waals surface area contributed by atoms with Crippen molar-refractivity contribution >= 4 is 23.2 Å². The topological polar surface area (TPSA) is 70.5 Å². The van der Waals surface area contributed by atoms with Gasteiger partial charge in [0.2, 0.25) is 5.91 Å². The summed E-state index contributed by atoms with van der Waals surface area (Å²) in [5.41, 5.74) is 0.145. The van der Waals surface area contributed by atoms with Gasteiger partial charge in [0.1, 0.15) is 0 Å². The molecule has 23 heavy (non-hydrogen) atoms. The molecule has 1 aromatic heterocycles. The van der Waals surface area contributed by atoms with Gasteiger partial charge >= 0.3 is 5.97 Å². The van der Waals surface area contributed by atoms with Gasteiger partial charge in [0.05, 0.1) is 5.01 Å². The molecule has 3 rings (SSSR count). The number of carboxylic acids is 1. The Kier molecular flexibility index (Phi) is 4.99. The van der Waals surface area contributed by atoms with Crippen LogP contribution in [0.15, 0.2) is 5.38 Å². The van der Waals surface area contributed by atoms with Crippen LogP contribution in [0.2, 0.25) is 0 Å². The summed E-state index contributed by atoms with van der Waals surface area (Å²) >= 11 is 1.43. The third kappa shape index (κ3) is 3.74. The van der Waals surface area contributed by atoms with Gasteiger partial charge in [-0.15, -0.1) is 11.3 Å². The fourth-order valence-corrected chi connectivity index (χ4v) is 4.42. The number of amides is 1. The first-order chi connectivity index (χ1) is 11.0. The molecule has 1 unspecified atom stereocenters. The molecule has 0 spiro atoms. The van der Waals surface area contributed by atoms with Gasteiger partial charge in [-0.2, -0.15) is 0 Å². The first kappa shape index (κ1) is 16.4. The average Bonchev–Trinajstić information content (AvgIpc) is 2.94. The number of carbonyl (C=O) groups is 2. The van der Waals surface area contributed by atoms with Crippen molar-refractivity contribution in [2.75, 3.05) is 13.1 Å². The molecule has 1 saturated heterocycles. The fraction of sp³-hybridized carbons (Fsp3) is 0.706. The lowest BCUT2D eigenvalue weighted by molar-refractivity contribution is -0.139. The molecule has 126 valence electrons. The minimum atomic E-state index is -0.960. The van der Waals surface area contributed by atoms with Crippen LogP contribution in [0.4, 0.5) is 0 Å². The van der Waals surface area contributed by atoms with Crippen LogP contribution in [-0.2, 0) is 11.2 Å². The lowest BCUT2D eigenvalue weighted by Gasteiger charge is -2.37. The number of hydrogen-bond donors (Lipinski definition) is 1. The molecule has 5 nitrogen and oxygen atoms in total. The molecule has 1 aliphatic carbocycles. The second kappa shape index (κ2) is 6.99. The number of thiazole rings is 1. The van der Waals surface area contributed by atoms with Gasteiger partial charge in [-0.05, 0) is 37.5 Å². The van der Waals surface area contributed by atoms with Crippen LogP contribution < -0.4 is 0 Å². The van der Waals surface area contributed by atoms with Crippen LogP contribution in [0.1, 0.15) is 54.5 Å². The maximum atomic E-state index is 12.5. The van der Waals surface area contributed by atoms with E-state index in [1.807, 2.05) is 4.90 Å². The number of aromatic carboxylic acids is 1. The van der Waals surface area contributed by atoms with Crippen LogP contribution in [0, 0.1) is 17.8 Å². The molecule has 0 bridgehead atoms. The molecule has 0 aromatic carbocycles. The molecule has 1 N–H and O–H groups in total. The monoisotopic (exact) mass is 336 g/mol. The van der Waals surface area contributed by atoms with Gasteiger partial charge in [0, 0.05) is 30.8 Å². The Morgan fingerprint density at radius 3 is 2.57 bits per heavy atom. The molecule has 2 heterocycles. The zero-order chi connectivity index (χ0) is 16.4. The van der Waals surface area contributed by atoms with Crippen molar-refractivity contribution < 1.29 is 14.7 Å². The van der Waals surface area contributed by atoms with Crippen molar-refractivity contribution in [2.45, 2.75) is 45.4 Å². The van der Waals surface area contributed by atoms with Crippen LogP contribution in [0.5, 0.6) is 0 Å². The highest BCUT2D eigenvalue weighted by Gasteiger charge is 2.33. The molecule has 2 aliphatic rings. The number of aromatic nitrogens is 1. The maximum absolute atomic E-state index is 12.5. The number of rotatable bonds is 5. The van der Waals surface area contributed by atoms with Gasteiger partial charge in [0.25, 0.3) is 0 Å². The Morgan fingerprint density at radius 2 is 2.04 bits per heavy atom. The molecule has 1 atom stereocenters. The van der Waals surface area contributed by atoms with Crippen LogP contribution in [-0.4, -0.2) is 40.0 Å². The zero-order valence-corrected chi connectivity index (χ0v) is 14.3. The summed E-state index contributed by atoms with van der Waals surface area (Å²) in [6.45, 7) is 3.75. The minimum Gasteiger partial charge on any atom is -0.476 e. The van der Waals surface area contributed by atoms with Gasteiger partial charge in [-0.3, -0.25) is 4.79 Å². The third-order valence-corrected chi connectivity index (χ3v) is 6.28. The summed E-state index contributed by atoms with van der Waals surface area (Å²) in [5.74, 6) is 0.654. The second-order valence-electron chi connectivity index (χ2n) is 6.88. The number of hydrogen-bond acceptors (Lipinski definition) is 4. The Hall–Kier alpha value is -1.43. The van der Waals surface area contributed by atoms with Crippen molar-refractivity contribution in [2.24, 2.45) is 17.8 Å². The van der Waals surface area contributed by atoms with E-state index in [1.54, 1.807) is 5.38 Å². The smallest absolute Gasteiger partial charge is 0.355 e. The van der Waals surface area contributed by atoms with Crippen molar-refractivity contribution in [3.8, 4) is 0 Å². The first-order valence-corrected chi connectivity index (χ1v) is 9.39. The standard InChI is InChI=1S/C17H24N2O3S/c1-11(13-3-2-4-13)16(20)19-7-5-12(6-8-19)9-15-18-14(10-23-15)17(21)22/h10-13H,2-9H2,1H3,(H,21,22). The van der Waals surface area contributed by atoms with E-state index in [1.165, 1.54) is 30.6 Å². The molecular formula is C17H24N2O3S. The lowest BCUT2D eigenvalue weighted by Crippen LogP contribution is -2.44. The molecule has 0 radical (unpaired) electrons. The van der Waals surface area contributed by atoms with Crippen molar-refractivity contribution in [1.82, 2.24) is 9.88 Å². The number of nitrogens with zero attached hydrogens (tertiary/aromatic N) is 2. The summed E-state index contributed by atoms with van der Waals surface area (Å²) in [6, 6.07) is 0. The minimum absolute atomic E-state index is 0.145. The quantitative estimate of drug-likeness (QED) is 0.897.